The molecule has 7 rings (SSSR count). The van der Waals surface area contributed by atoms with E-state index in [-0.39, 0.29) is 35.5 Å². The molecule has 3 fully saturated rings. The summed E-state index contributed by atoms with van der Waals surface area (Å²) in [6, 6.07) is 15.4. The summed E-state index contributed by atoms with van der Waals surface area (Å²) < 4.78 is 0. The van der Waals surface area contributed by atoms with Crippen LogP contribution < -0.4 is 4.90 Å². The maximum atomic E-state index is 13.2. The van der Waals surface area contributed by atoms with Crippen molar-refractivity contribution in [3.05, 3.63) is 65.7 Å². The largest absolute Gasteiger partial charge is 0.274 e. The molecule has 0 spiro atoms. The molecule has 1 heterocycles. The van der Waals surface area contributed by atoms with Crippen molar-refractivity contribution in [2.45, 2.75) is 16.2 Å². The van der Waals surface area contributed by atoms with Gasteiger partial charge >= 0.3 is 0 Å². The summed E-state index contributed by atoms with van der Waals surface area (Å²) in [7, 11) is 0. The van der Waals surface area contributed by atoms with E-state index < -0.39 is 0 Å². The Labute approximate surface area is 172 Å². The zero-order valence-corrected chi connectivity index (χ0v) is 16.6. The first-order valence-electron chi connectivity index (χ1n) is 9.71. The van der Waals surface area contributed by atoms with Crippen LogP contribution >= 0.6 is 23.4 Å². The molecule has 28 heavy (non-hydrogen) atoms. The molecule has 4 aliphatic carbocycles. The molecule has 2 aromatic rings. The second kappa shape index (κ2) is 5.98. The van der Waals surface area contributed by atoms with Gasteiger partial charge in [-0.05, 0) is 78.6 Å². The molecule has 1 saturated heterocycles. The third-order valence-electron chi connectivity index (χ3n) is 6.81. The van der Waals surface area contributed by atoms with E-state index in [2.05, 4.69) is 12.2 Å². The maximum Gasteiger partial charge on any atom is 0.238 e. The van der Waals surface area contributed by atoms with Crippen LogP contribution in [0.3, 0.4) is 0 Å². The quantitative estimate of drug-likeness (QED) is 0.527. The zero-order chi connectivity index (χ0) is 19.0. The number of carbonyl (C=O) groups is 2. The summed E-state index contributed by atoms with van der Waals surface area (Å²) in [5.41, 5.74) is 0.693. The van der Waals surface area contributed by atoms with Gasteiger partial charge in [-0.2, -0.15) is 0 Å². The summed E-state index contributed by atoms with van der Waals surface area (Å²) >= 11 is 7.57. The summed E-state index contributed by atoms with van der Waals surface area (Å²) in [6.45, 7) is 0. The third-order valence-corrected chi connectivity index (χ3v) is 8.07. The minimum atomic E-state index is -0.144. The number of anilines is 1. The summed E-state index contributed by atoms with van der Waals surface area (Å²) in [4.78, 5) is 29.9. The highest BCUT2D eigenvalue weighted by molar-refractivity contribution is 7.99. The number of allylic oxidation sites excluding steroid dienone is 2. The Morgan fingerprint density at radius 1 is 0.786 bits per heavy atom. The molecular formula is C23H18ClNO2S. The Hall–Kier alpha value is -2.04. The molecule has 6 atom stereocenters. The average Bonchev–Trinajstić information content (AvgIpc) is 3.49. The van der Waals surface area contributed by atoms with Crippen molar-refractivity contribution in [1.29, 1.82) is 0 Å². The number of hydrogen-bond acceptors (Lipinski definition) is 3. The standard InChI is InChI=1S/C23H18ClNO2S/c24-12-1-5-14(6-2-12)28-15-7-3-13(4-8-15)25-22(26)20-16-9-10-17(19-11-18(16)19)21(20)23(25)27/h1-10,16-21H,11H2/t16-,17-,18-,19+,20-,21+/m1/s1. The van der Waals surface area contributed by atoms with Crippen LogP contribution in [0.25, 0.3) is 0 Å². The minimum Gasteiger partial charge on any atom is -0.274 e. The van der Waals surface area contributed by atoms with Crippen LogP contribution in [-0.4, -0.2) is 11.8 Å². The number of rotatable bonds is 3. The van der Waals surface area contributed by atoms with Gasteiger partial charge in [0, 0.05) is 14.8 Å². The van der Waals surface area contributed by atoms with Crippen LogP contribution in [0.2, 0.25) is 5.02 Å². The Bertz CT molecular complexity index is 980. The molecule has 0 aromatic heterocycles. The number of imide groups is 1. The lowest BCUT2D eigenvalue weighted by molar-refractivity contribution is -0.124. The highest BCUT2D eigenvalue weighted by Gasteiger charge is 2.67. The summed E-state index contributed by atoms with van der Waals surface area (Å²) in [5, 5.41) is 0.716. The Morgan fingerprint density at radius 2 is 1.29 bits per heavy atom. The Morgan fingerprint density at radius 3 is 1.82 bits per heavy atom. The van der Waals surface area contributed by atoms with Crippen molar-refractivity contribution >= 4 is 40.9 Å². The highest BCUT2D eigenvalue weighted by atomic mass is 35.5. The number of amides is 2. The van der Waals surface area contributed by atoms with Gasteiger partial charge in [-0.3, -0.25) is 14.5 Å². The fraction of sp³-hybridized carbons (Fsp3) is 0.304. The van der Waals surface area contributed by atoms with Crippen LogP contribution in [-0.2, 0) is 9.59 Å². The van der Waals surface area contributed by atoms with Crippen LogP contribution in [0.4, 0.5) is 5.69 Å². The van der Waals surface area contributed by atoms with Crippen molar-refractivity contribution in [3.63, 3.8) is 0 Å². The molecule has 3 nitrogen and oxygen atoms in total. The van der Waals surface area contributed by atoms with E-state index in [0.29, 0.717) is 22.5 Å². The molecule has 1 aliphatic heterocycles. The van der Waals surface area contributed by atoms with Crippen molar-refractivity contribution < 1.29 is 9.59 Å². The van der Waals surface area contributed by atoms with Crippen LogP contribution in [0.1, 0.15) is 6.42 Å². The van der Waals surface area contributed by atoms with Crippen LogP contribution in [0, 0.1) is 35.5 Å². The molecule has 2 saturated carbocycles. The van der Waals surface area contributed by atoms with Gasteiger partial charge in [0.25, 0.3) is 0 Å². The van der Waals surface area contributed by atoms with Crippen molar-refractivity contribution in [2.24, 2.45) is 35.5 Å². The molecular weight excluding hydrogens is 390 g/mol. The molecule has 0 N–H and O–H groups in total. The van der Waals surface area contributed by atoms with E-state index >= 15 is 0 Å². The molecule has 5 heteroatoms. The predicted octanol–water partition coefficient (Wildman–Crippen LogP) is 5.05. The number of benzene rings is 2. The summed E-state index contributed by atoms with van der Waals surface area (Å²) in [6.07, 6.45) is 5.60. The second-order valence-electron chi connectivity index (χ2n) is 8.22. The van der Waals surface area contributed by atoms with Gasteiger partial charge < -0.3 is 0 Å². The van der Waals surface area contributed by atoms with Crippen LogP contribution in [0.15, 0.2) is 70.5 Å². The van der Waals surface area contributed by atoms with Gasteiger partial charge in [-0.1, -0.05) is 35.5 Å². The van der Waals surface area contributed by atoms with Gasteiger partial charge in [0.15, 0.2) is 0 Å². The van der Waals surface area contributed by atoms with E-state index in [1.54, 1.807) is 11.8 Å². The van der Waals surface area contributed by atoms with Crippen molar-refractivity contribution in [2.75, 3.05) is 4.90 Å². The number of nitrogens with zero attached hydrogens (tertiary/aromatic N) is 1. The molecule has 2 amide bonds. The van der Waals surface area contributed by atoms with Crippen LogP contribution in [0.5, 0.6) is 0 Å². The lowest BCUT2D eigenvalue weighted by Gasteiger charge is -2.37. The Balaban J connectivity index is 1.26. The number of hydrogen-bond donors (Lipinski definition) is 0. The zero-order valence-electron chi connectivity index (χ0n) is 15.0. The second-order valence-corrected chi connectivity index (χ2v) is 9.80. The van der Waals surface area contributed by atoms with E-state index in [1.807, 2.05) is 48.5 Å². The van der Waals surface area contributed by atoms with Gasteiger partial charge in [0.05, 0.1) is 17.5 Å². The first-order valence-corrected chi connectivity index (χ1v) is 10.9. The fourth-order valence-corrected chi connectivity index (χ4v) is 6.46. The molecule has 2 bridgehead atoms. The average molecular weight is 408 g/mol. The van der Waals surface area contributed by atoms with Gasteiger partial charge in [-0.15, -0.1) is 0 Å². The van der Waals surface area contributed by atoms with E-state index in [0.717, 1.165) is 9.79 Å². The fourth-order valence-electron chi connectivity index (χ4n) is 5.51. The minimum absolute atomic E-state index is 0.00203. The lowest BCUT2D eigenvalue weighted by Crippen LogP contribution is -2.40. The van der Waals surface area contributed by atoms with Crippen molar-refractivity contribution in [3.8, 4) is 0 Å². The third kappa shape index (κ3) is 2.37. The SMILES string of the molecule is O=C1[C@@H]2[C@@H]3C=C[C@H]([C@@H]4C[C@H]34)[C@@H]2C(=O)N1c1ccc(Sc2ccc(Cl)cc2)cc1. The number of carbonyl (C=O) groups excluding carboxylic acids is 2. The molecule has 2 aromatic carbocycles. The molecule has 0 radical (unpaired) electrons. The first kappa shape index (κ1) is 16.9. The number of halogens is 1. The predicted molar refractivity (Wildman–Crippen MR) is 109 cm³/mol. The smallest absolute Gasteiger partial charge is 0.238 e. The first-order chi connectivity index (χ1) is 13.6. The lowest BCUT2D eigenvalue weighted by atomic mass is 9.63. The van der Waals surface area contributed by atoms with E-state index in [1.165, 1.54) is 11.3 Å². The maximum absolute atomic E-state index is 13.2. The normalized spacial score (nSPS) is 34.5. The van der Waals surface area contributed by atoms with Gasteiger partial charge in [0.1, 0.15) is 0 Å². The van der Waals surface area contributed by atoms with Crippen molar-refractivity contribution in [1.82, 2.24) is 0 Å². The molecule has 5 aliphatic rings. The molecule has 140 valence electrons. The Kier molecular flexibility index (Phi) is 3.60. The highest BCUT2D eigenvalue weighted by Crippen LogP contribution is 2.65. The van der Waals surface area contributed by atoms with E-state index in [9.17, 15) is 9.59 Å². The topological polar surface area (TPSA) is 37.4 Å². The molecule has 0 unspecified atom stereocenters. The monoisotopic (exact) mass is 407 g/mol. The summed E-state index contributed by atoms with van der Waals surface area (Å²) in [5.74, 6) is 1.50. The van der Waals surface area contributed by atoms with Gasteiger partial charge in [-0.25, -0.2) is 0 Å². The van der Waals surface area contributed by atoms with E-state index in [4.69, 9.17) is 11.6 Å². The van der Waals surface area contributed by atoms with Gasteiger partial charge in [0.2, 0.25) is 11.8 Å².